The van der Waals surface area contributed by atoms with Crippen molar-refractivity contribution in [3.8, 4) is 0 Å². The zero-order valence-electron chi connectivity index (χ0n) is 16.8. The fourth-order valence-corrected chi connectivity index (χ4v) is 2.68. The average Bonchev–Trinajstić information content (AvgIpc) is 2.66. The molecule has 0 saturated heterocycles. The number of carbonyl (C=O) groups is 2. The van der Waals surface area contributed by atoms with E-state index in [1.165, 1.54) is 12.1 Å². The Labute approximate surface area is 172 Å². The lowest BCUT2D eigenvalue weighted by Gasteiger charge is -2.22. The number of carboxylic acid groups (broad SMARTS) is 2. The molecule has 2 aromatic carbocycles. The number of alkyl halides is 3. The van der Waals surface area contributed by atoms with Crippen LogP contribution >= 0.6 is 0 Å². The first-order valence-corrected chi connectivity index (χ1v) is 9.04. The number of aryl methyl sites for hydroxylation is 1. The Morgan fingerprint density at radius 1 is 0.900 bits per heavy atom. The molecule has 3 N–H and O–H groups in total. The second-order valence-corrected chi connectivity index (χ2v) is 6.66. The van der Waals surface area contributed by atoms with Gasteiger partial charge in [0.2, 0.25) is 0 Å². The van der Waals surface area contributed by atoms with E-state index in [9.17, 15) is 22.8 Å². The van der Waals surface area contributed by atoms with Gasteiger partial charge in [-0.05, 0) is 44.0 Å². The zero-order chi connectivity index (χ0) is 22.9. The van der Waals surface area contributed by atoms with Gasteiger partial charge in [-0.2, -0.15) is 13.2 Å². The highest BCUT2D eigenvalue weighted by Crippen LogP contribution is 2.32. The Hall–Kier alpha value is -3.13. The van der Waals surface area contributed by atoms with Gasteiger partial charge in [-0.25, -0.2) is 9.59 Å². The number of halogens is 3. The van der Waals surface area contributed by atoms with Crippen LogP contribution in [0.1, 0.15) is 48.2 Å². The lowest BCUT2D eigenvalue weighted by Crippen LogP contribution is -2.23. The summed E-state index contributed by atoms with van der Waals surface area (Å²) in [5.74, 6) is -2.51. The maximum absolute atomic E-state index is 12.9. The molecule has 8 heteroatoms. The van der Waals surface area contributed by atoms with Crippen molar-refractivity contribution in [2.24, 2.45) is 0 Å². The molecule has 162 valence electrons. The Kier molecular flexibility index (Phi) is 9.26. The molecule has 0 heterocycles. The molecule has 0 spiro atoms. The van der Waals surface area contributed by atoms with Crippen LogP contribution in [0.3, 0.4) is 0 Å². The molecule has 0 fully saturated rings. The van der Waals surface area contributed by atoms with E-state index in [-0.39, 0.29) is 12.1 Å². The van der Waals surface area contributed by atoms with E-state index in [1.807, 2.05) is 44.2 Å². The van der Waals surface area contributed by atoms with Crippen molar-refractivity contribution in [3.05, 3.63) is 82.9 Å². The van der Waals surface area contributed by atoms with E-state index >= 15 is 0 Å². The highest BCUT2D eigenvalue weighted by molar-refractivity contribution is 5.89. The molecule has 0 radical (unpaired) electrons. The molecule has 0 saturated carbocycles. The summed E-state index contributed by atoms with van der Waals surface area (Å²) in [6.07, 6.45) is -3.20. The molecule has 5 nitrogen and oxygen atoms in total. The first kappa shape index (κ1) is 24.9. The summed E-state index contributed by atoms with van der Waals surface area (Å²) < 4.78 is 38.8. The molecular formula is C22H24F3NO4. The minimum atomic E-state index is -4.31. The van der Waals surface area contributed by atoms with Crippen molar-refractivity contribution in [2.45, 2.75) is 39.0 Å². The van der Waals surface area contributed by atoms with Crippen LogP contribution in [0, 0.1) is 6.92 Å². The highest BCUT2D eigenvalue weighted by atomic mass is 19.4. The Bertz CT molecular complexity index is 864. The van der Waals surface area contributed by atoms with Crippen LogP contribution in [0.5, 0.6) is 0 Å². The molecular weight excluding hydrogens is 399 g/mol. The molecule has 0 amide bonds. The standard InChI is InChI=1S/C18H20F3N.C4H4O4/c1-12-9-16(11-17(10-12)18(19,20)21)14(3)22-13(2)15-7-5-4-6-8-15;5-3(6)1-2-4(7)8/h4-11,13-14,22H,1-3H3;1-2H,(H,5,6)(H,7,8)/b;2-1+. The van der Waals surface area contributed by atoms with Crippen LogP contribution in [0.2, 0.25) is 0 Å². The monoisotopic (exact) mass is 423 g/mol. The third-order valence-corrected chi connectivity index (χ3v) is 4.10. The van der Waals surface area contributed by atoms with Crippen LogP contribution in [-0.2, 0) is 15.8 Å². The van der Waals surface area contributed by atoms with Crippen molar-refractivity contribution in [1.82, 2.24) is 5.32 Å². The molecule has 2 unspecified atom stereocenters. The van der Waals surface area contributed by atoms with Crippen molar-refractivity contribution in [1.29, 1.82) is 0 Å². The third kappa shape index (κ3) is 8.91. The molecule has 0 bridgehead atoms. The van der Waals surface area contributed by atoms with Crippen LogP contribution < -0.4 is 5.32 Å². The van der Waals surface area contributed by atoms with Crippen LogP contribution in [0.15, 0.2) is 60.7 Å². The second kappa shape index (κ2) is 11.2. The molecule has 30 heavy (non-hydrogen) atoms. The normalized spacial score (nSPS) is 13.3. The topological polar surface area (TPSA) is 86.6 Å². The first-order chi connectivity index (χ1) is 13.9. The smallest absolute Gasteiger partial charge is 0.416 e. The largest absolute Gasteiger partial charge is 0.478 e. The molecule has 2 aromatic rings. The van der Waals surface area contributed by atoms with Crippen molar-refractivity contribution in [2.75, 3.05) is 0 Å². The van der Waals surface area contributed by atoms with E-state index < -0.39 is 23.7 Å². The number of aliphatic carboxylic acids is 2. The summed E-state index contributed by atoms with van der Waals surface area (Å²) in [7, 11) is 0. The van der Waals surface area contributed by atoms with Crippen molar-refractivity contribution >= 4 is 11.9 Å². The van der Waals surface area contributed by atoms with Crippen LogP contribution in [-0.4, -0.2) is 22.2 Å². The fraction of sp³-hybridized carbons (Fsp3) is 0.273. The molecule has 0 aliphatic heterocycles. The minimum absolute atomic E-state index is 0.0612. The maximum atomic E-state index is 12.9. The Morgan fingerprint density at radius 2 is 1.40 bits per heavy atom. The van der Waals surface area contributed by atoms with E-state index in [1.54, 1.807) is 13.0 Å². The van der Waals surface area contributed by atoms with E-state index in [2.05, 4.69) is 5.32 Å². The SMILES string of the molecule is Cc1cc(C(C)NC(C)c2ccccc2)cc(C(F)(F)F)c1.O=C(O)/C=C/C(=O)O. The summed E-state index contributed by atoms with van der Waals surface area (Å²) in [4.78, 5) is 19.1. The van der Waals surface area contributed by atoms with Crippen LogP contribution in [0.4, 0.5) is 13.2 Å². The molecule has 2 atom stereocenters. The minimum Gasteiger partial charge on any atom is -0.478 e. The van der Waals surface area contributed by atoms with Gasteiger partial charge < -0.3 is 15.5 Å². The predicted octanol–water partition coefficient (Wildman–Crippen LogP) is 5.14. The van der Waals surface area contributed by atoms with Gasteiger partial charge >= 0.3 is 18.1 Å². The molecule has 0 aliphatic rings. The van der Waals surface area contributed by atoms with Gasteiger partial charge in [-0.15, -0.1) is 0 Å². The fourth-order valence-electron chi connectivity index (χ4n) is 2.68. The quantitative estimate of drug-likeness (QED) is 0.560. The number of rotatable bonds is 6. The zero-order valence-corrected chi connectivity index (χ0v) is 16.8. The number of hydrogen-bond acceptors (Lipinski definition) is 3. The summed E-state index contributed by atoms with van der Waals surface area (Å²) >= 11 is 0. The van der Waals surface area contributed by atoms with E-state index in [0.717, 1.165) is 5.56 Å². The summed E-state index contributed by atoms with van der Waals surface area (Å²) in [5, 5.41) is 19.0. The first-order valence-electron chi connectivity index (χ1n) is 9.04. The van der Waals surface area contributed by atoms with Gasteiger partial charge in [-0.3, -0.25) is 0 Å². The average molecular weight is 423 g/mol. The Morgan fingerprint density at radius 3 is 1.87 bits per heavy atom. The number of benzene rings is 2. The molecule has 0 aliphatic carbocycles. The summed E-state index contributed by atoms with van der Waals surface area (Å²) in [5.41, 5.74) is 1.78. The number of hydrogen-bond donors (Lipinski definition) is 3. The van der Waals surface area contributed by atoms with Crippen LogP contribution in [0.25, 0.3) is 0 Å². The highest BCUT2D eigenvalue weighted by Gasteiger charge is 2.31. The second-order valence-electron chi connectivity index (χ2n) is 6.66. The lowest BCUT2D eigenvalue weighted by atomic mass is 10.00. The summed E-state index contributed by atoms with van der Waals surface area (Å²) in [6, 6.07) is 13.9. The maximum Gasteiger partial charge on any atom is 0.416 e. The third-order valence-electron chi connectivity index (χ3n) is 4.10. The van der Waals surface area contributed by atoms with Gasteiger partial charge in [0, 0.05) is 24.2 Å². The van der Waals surface area contributed by atoms with Gasteiger partial charge in [-0.1, -0.05) is 42.0 Å². The Balaban J connectivity index is 0.000000479. The van der Waals surface area contributed by atoms with Crippen molar-refractivity contribution in [3.63, 3.8) is 0 Å². The van der Waals surface area contributed by atoms with Gasteiger partial charge in [0.25, 0.3) is 0 Å². The van der Waals surface area contributed by atoms with Crippen molar-refractivity contribution < 1.29 is 33.0 Å². The summed E-state index contributed by atoms with van der Waals surface area (Å²) in [6.45, 7) is 5.58. The molecule has 0 aromatic heterocycles. The van der Waals surface area contributed by atoms with E-state index in [4.69, 9.17) is 10.2 Å². The van der Waals surface area contributed by atoms with Gasteiger partial charge in [0.1, 0.15) is 0 Å². The van der Waals surface area contributed by atoms with Gasteiger partial charge in [0.05, 0.1) is 5.56 Å². The lowest BCUT2D eigenvalue weighted by molar-refractivity contribution is -0.137. The van der Waals surface area contributed by atoms with Gasteiger partial charge in [0.15, 0.2) is 0 Å². The number of nitrogens with one attached hydrogen (secondary N) is 1. The number of carboxylic acids is 2. The molecule has 2 rings (SSSR count). The predicted molar refractivity (Wildman–Crippen MR) is 107 cm³/mol. The van der Waals surface area contributed by atoms with E-state index in [0.29, 0.717) is 23.3 Å².